The van der Waals surface area contributed by atoms with Crippen molar-refractivity contribution in [1.29, 1.82) is 0 Å². The number of rotatable bonds is 4. The first-order chi connectivity index (χ1) is 8.27. The zero-order chi connectivity index (χ0) is 12.1. The van der Waals surface area contributed by atoms with Gasteiger partial charge in [0.25, 0.3) is 0 Å². The van der Waals surface area contributed by atoms with Crippen LogP contribution in [0.3, 0.4) is 0 Å². The van der Waals surface area contributed by atoms with Crippen molar-refractivity contribution in [2.45, 2.75) is 6.92 Å². The molecule has 0 unspecified atom stereocenters. The zero-order valence-electron chi connectivity index (χ0n) is 10.0. The Balaban J connectivity index is 1.79. The van der Waals surface area contributed by atoms with Gasteiger partial charge < -0.3 is 10.6 Å². The van der Waals surface area contributed by atoms with Gasteiger partial charge in [0.05, 0.1) is 5.69 Å². The van der Waals surface area contributed by atoms with Crippen LogP contribution in [0, 0.1) is 12.7 Å². The van der Waals surface area contributed by atoms with Crippen molar-refractivity contribution in [1.82, 2.24) is 20.2 Å². The van der Waals surface area contributed by atoms with Gasteiger partial charge >= 0.3 is 0 Å². The van der Waals surface area contributed by atoms with Crippen molar-refractivity contribution in [3.05, 3.63) is 17.8 Å². The van der Waals surface area contributed by atoms with E-state index in [1.54, 1.807) is 6.92 Å². The smallest absolute Gasteiger partial charge is 0.186 e. The maximum atomic E-state index is 13.6. The summed E-state index contributed by atoms with van der Waals surface area (Å²) in [5, 5.41) is 6.31. The third kappa shape index (κ3) is 3.34. The molecule has 0 saturated carbocycles. The number of anilines is 1. The molecule has 1 aliphatic rings. The minimum absolute atomic E-state index is 0.299. The molecule has 2 rings (SSSR count). The molecule has 1 aromatic heterocycles. The molecule has 17 heavy (non-hydrogen) atoms. The quantitative estimate of drug-likeness (QED) is 0.788. The predicted octanol–water partition coefficient (Wildman–Crippen LogP) is 0.241. The topological polar surface area (TPSA) is 53.1 Å². The van der Waals surface area contributed by atoms with Crippen molar-refractivity contribution in [3.8, 4) is 0 Å². The van der Waals surface area contributed by atoms with Crippen molar-refractivity contribution < 1.29 is 4.39 Å². The van der Waals surface area contributed by atoms with Gasteiger partial charge in [-0.1, -0.05) is 0 Å². The second kappa shape index (κ2) is 5.88. The summed E-state index contributed by atoms with van der Waals surface area (Å²) in [5.41, 5.74) is 0.379. The van der Waals surface area contributed by atoms with Crippen LogP contribution >= 0.6 is 0 Å². The van der Waals surface area contributed by atoms with E-state index in [9.17, 15) is 4.39 Å². The van der Waals surface area contributed by atoms with E-state index in [4.69, 9.17) is 0 Å². The Morgan fingerprint density at radius 2 is 2.18 bits per heavy atom. The molecule has 2 N–H and O–H groups in total. The van der Waals surface area contributed by atoms with E-state index < -0.39 is 0 Å². The summed E-state index contributed by atoms with van der Waals surface area (Å²) in [7, 11) is 0. The van der Waals surface area contributed by atoms with Crippen molar-refractivity contribution in [3.63, 3.8) is 0 Å². The van der Waals surface area contributed by atoms with E-state index in [1.807, 2.05) is 0 Å². The molecule has 5 nitrogen and oxygen atoms in total. The van der Waals surface area contributed by atoms with Gasteiger partial charge in [0, 0.05) is 39.3 Å². The number of hydrogen-bond acceptors (Lipinski definition) is 5. The molecule has 6 heteroatoms. The summed E-state index contributed by atoms with van der Waals surface area (Å²) in [6, 6.07) is 0. The number of nitrogens with one attached hydrogen (secondary N) is 2. The highest BCUT2D eigenvalue weighted by Gasteiger charge is 2.10. The van der Waals surface area contributed by atoms with Gasteiger partial charge in [0.15, 0.2) is 11.6 Å². The standard InChI is InChI=1S/C11H18FN5/c1-9-10(12)11(16-8-15-9)14-4-7-17-5-2-13-3-6-17/h8,13H,2-7H2,1H3,(H,14,15,16). The van der Waals surface area contributed by atoms with Crippen molar-refractivity contribution in [2.75, 3.05) is 44.6 Å². The molecule has 1 saturated heterocycles. The van der Waals surface area contributed by atoms with Crippen LogP contribution in [0.5, 0.6) is 0 Å². The zero-order valence-corrected chi connectivity index (χ0v) is 10.0. The highest BCUT2D eigenvalue weighted by molar-refractivity contribution is 5.36. The summed E-state index contributed by atoms with van der Waals surface area (Å²) >= 11 is 0. The Bertz CT molecular complexity index is 365. The third-order valence-electron chi connectivity index (χ3n) is 2.89. The molecule has 0 radical (unpaired) electrons. The van der Waals surface area contributed by atoms with Gasteiger partial charge in [-0.25, -0.2) is 14.4 Å². The van der Waals surface area contributed by atoms with Gasteiger partial charge in [0.1, 0.15) is 6.33 Å². The van der Waals surface area contributed by atoms with Crippen LogP contribution in [-0.2, 0) is 0 Å². The second-order valence-electron chi connectivity index (χ2n) is 4.14. The maximum absolute atomic E-state index is 13.6. The van der Waals surface area contributed by atoms with Gasteiger partial charge in [-0.2, -0.15) is 0 Å². The van der Waals surface area contributed by atoms with Gasteiger partial charge in [-0.15, -0.1) is 0 Å². The monoisotopic (exact) mass is 239 g/mol. The van der Waals surface area contributed by atoms with Crippen LogP contribution in [0.1, 0.15) is 5.69 Å². The molecule has 1 aliphatic heterocycles. The molecule has 0 bridgehead atoms. The number of hydrogen-bond donors (Lipinski definition) is 2. The first-order valence-corrected chi connectivity index (χ1v) is 5.91. The normalized spacial score (nSPS) is 17.1. The Kier molecular flexibility index (Phi) is 4.22. The molecule has 0 aliphatic carbocycles. The summed E-state index contributed by atoms with van der Waals surface area (Å²) in [6.07, 6.45) is 1.38. The van der Waals surface area contributed by atoms with E-state index >= 15 is 0 Å². The van der Waals surface area contributed by atoms with Gasteiger partial charge in [-0.05, 0) is 6.92 Å². The molecule has 0 amide bonds. The SMILES string of the molecule is Cc1ncnc(NCCN2CCNCC2)c1F. The number of halogens is 1. The summed E-state index contributed by atoms with van der Waals surface area (Å²) < 4.78 is 13.6. The number of piperazine rings is 1. The first kappa shape index (κ1) is 12.2. The van der Waals surface area contributed by atoms with E-state index in [-0.39, 0.29) is 5.82 Å². The van der Waals surface area contributed by atoms with E-state index in [0.29, 0.717) is 18.1 Å². The molecular formula is C11H18FN5. The van der Waals surface area contributed by atoms with Crippen LogP contribution in [-0.4, -0.2) is 54.1 Å². The molecule has 0 aromatic carbocycles. The van der Waals surface area contributed by atoms with Crippen LogP contribution < -0.4 is 10.6 Å². The molecular weight excluding hydrogens is 221 g/mol. The maximum Gasteiger partial charge on any atom is 0.186 e. The van der Waals surface area contributed by atoms with Crippen molar-refractivity contribution in [2.24, 2.45) is 0 Å². The van der Waals surface area contributed by atoms with Gasteiger partial charge in [0.2, 0.25) is 0 Å². The fraction of sp³-hybridized carbons (Fsp3) is 0.636. The second-order valence-corrected chi connectivity index (χ2v) is 4.14. The molecule has 0 spiro atoms. The predicted molar refractivity (Wildman–Crippen MR) is 64.5 cm³/mol. The Morgan fingerprint density at radius 3 is 2.94 bits per heavy atom. The summed E-state index contributed by atoms with van der Waals surface area (Å²) in [4.78, 5) is 10.0. The fourth-order valence-corrected chi connectivity index (χ4v) is 1.85. The highest BCUT2D eigenvalue weighted by atomic mass is 19.1. The van der Waals surface area contributed by atoms with Crippen LogP contribution in [0.25, 0.3) is 0 Å². The first-order valence-electron chi connectivity index (χ1n) is 5.91. The number of nitrogens with zero attached hydrogens (tertiary/aromatic N) is 3. The van der Waals surface area contributed by atoms with Gasteiger partial charge in [-0.3, -0.25) is 4.90 Å². The summed E-state index contributed by atoms with van der Waals surface area (Å²) in [6.45, 7) is 7.40. The molecule has 1 fully saturated rings. The van der Waals surface area contributed by atoms with Crippen LogP contribution in [0.2, 0.25) is 0 Å². The lowest BCUT2D eigenvalue weighted by molar-refractivity contribution is 0.249. The Labute approximate surface area is 100 Å². The Morgan fingerprint density at radius 1 is 1.41 bits per heavy atom. The lowest BCUT2D eigenvalue weighted by Gasteiger charge is -2.27. The molecule has 2 heterocycles. The number of aromatic nitrogens is 2. The minimum atomic E-state index is -0.354. The van der Waals surface area contributed by atoms with Crippen LogP contribution in [0.4, 0.5) is 10.2 Å². The van der Waals surface area contributed by atoms with E-state index in [0.717, 1.165) is 32.7 Å². The van der Waals surface area contributed by atoms with Crippen LogP contribution in [0.15, 0.2) is 6.33 Å². The Hall–Kier alpha value is -1.27. The molecule has 94 valence electrons. The highest BCUT2D eigenvalue weighted by Crippen LogP contribution is 2.10. The van der Waals surface area contributed by atoms with Crippen molar-refractivity contribution >= 4 is 5.82 Å². The number of aryl methyl sites for hydroxylation is 1. The largest absolute Gasteiger partial charge is 0.366 e. The molecule has 1 aromatic rings. The average Bonchev–Trinajstić information content (AvgIpc) is 2.36. The summed E-state index contributed by atoms with van der Waals surface area (Å²) in [5.74, 6) is -0.0551. The fourth-order valence-electron chi connectivity index (χ4n) is 1.85. The molecule has 0 atom stereocenters. The third-order valence-corrected chi connectivity index (χ3v) is 2.89. The van der Waals surface area contributed by atoms with E-state index in [2.05, 4.69) is 25.5 Å². The lowest BCUT2D eigenvalue weighted by Crippen LogP contribution is -2.45. The minimum Gasteiger partial charge on any atom is -0.366 e. The average molecular weight is 239 g/mol. The van der Waals surface area contributed by atoms with E-state index in [1.165, 1.54) is 6.33 Å². The lowest BCUT2D eigenvalue weighted by atomic mass is 10.3.